The molecule has 0 bridgehead atoms. The van der Waals surface area contributed by atoms with Gasteiger partial charge in [-0.1, -0.05) is 85.2 Å². The molecule has 0 aliphatic carbocycles. The first-order valence-electron chi connectivity index (χ1n) is 13.8. The lowest BCUT2D eigenvalue weighted by Crippen LogP contribution is -2.40. The zero-order chi connectivity index (χ0) is 29.8. The van der Waals surface area contributed by atoms with E-state index in [4.69, 9.17) is 9.16 Å². The van der Waals surface area contributed by atoms with Crippen LogP contribution in [0.2, 0.25) is 18.1 Å². The Morgan fingerprint density at radius 1 is 0.902 bits per heavy atom. The van der Waals surface area contributed by atoms with Crippen molar-refractivity contribution in [2.45, 2.75) is 65.0 Å². The molecular weight excluding hydrogens is 595 g/mol. The molecule has 0 N–H and O–H groups in total. The maximum absolute atomic E-state index is 14.3. The fraction of sp³-hybridized carbons (Fsp3) is 0.286. The highest BCUT2D eigenvalue weighted by Crippen LogP contribution is 2.39. The predicted molar refractivity (Wildman–Crippen MR) is 171 cm³/mol. The smallest absolute Gasteiger partial charge is 0.192 e. The van der Waals surface area contributed by atoms with Crippen molar-refractivity contribution in [3.8, 4) is 5.75 Å². The van der Waals surface area contributed by atoms with Crippen molar-refractivity contribution in [3.63, 3.8) is 0 Å². The van der Waals surface area contributed by atoms with E-state index in [1.54, 1.807) is 13.0 Å². The Labute approximate surface area is 253 Å². The highest BCUT2D eigenvalue weighted by atomic mass is 79.9. The third kappa shape index (κ3) is 7.62. The standard InChI is InChI=1S/C35H38BrFO3Si/c1-24-20-29(37)16-18-31(24)34(38)33(26-12-14-28(36)15-13-26)32-19-17-30(39-22-25-10-8-7-9-11-25)21-27(32)23-40-41(5,6)35(2,3)4/h7-21,33H,22-23H2,1-6H3. The molecular formula is C35H38BrFO3Si. The van der Waals surface area contributed by atoms with Gasteiger partial charge in [0.2, 0.25) is 0 Å². The molecule has 0 radical (unpaired) electrons. The second-order valence-electron chi connectivity index (χ2n) is 12.0. The van der Waals surface area contributed by atoms with E-state index in [2.05, 4.69) is 49.8 Å². The molecule has 3 nitrogen and oxygen atoms in total. The summed E-state index contributed by atoms with van der Waals surface area (Å²) in [7, 11) is -2.10. The van der Waals surface area contributed by atoms with Crippen molar-refractivity contribution in [2.24, 2.45) is 0 Å². The second kappa shape index (κ2) is 12.8. The number of halogens is 2. The number of aryl methyl sites for hydroxylation is 1. The van der Waals surface area contributed by atoms with Crippen molar-refractivity contribution >= 4 is 30.0 Å². The third-order valence-corrected chi connectivity index (χ3v) is 13.0. The monoisotopic (exact) mass is 632 g/mol. The first kappa shape index (κ1) is 30.9. The summed E-state index contributed by atoms with van der Waals surface area (Å²) >= 11 is 3.52. The van der Waals surface area contributed by atoms with Gasteiger partial charge < -0.3 is 9.16 Å². The number of ketones is 1. The average molecular weight is 634 g/mol. The number of rotatable bonds is 10. The Kier molecular flexibility index (Phi) is 9.68. The van der Waals surface area contributed by atoms with Gasteiger partial charge in [-0.2, -0.15) is 0 Å². The predicted octanol–water partition coefficient (Wildman–Crippen LogP) is 10.0. The number of Topliss-reactive ketones (excluding diaryl/α,β-unsaturated/α-hetero) is 1. The van der Waals surface area contributed by atoms with Crippen molar-refractivity contribution in [2.75, 3.05) is 0 Å². The maximum Gasteiger partial charge on any atom is 0.192 e. The summed E-state index contributed by atoms with van der Waals surface area (Å²) in [5.74, 6) is -0.334. The molecule has 214 valence electrons. The van der Waals surface area contributed by atoms with Crippen LogP contribution in [0.1, 0.15) is 64.9 Å². The lowest BCUT2D eigenvalue weighted by Gasteiger charge is -2.36. The van der Waals surface area contributed by atoms with E-state index in [0.717, 1.165) is 26.7 Å². The van der Waals surface area contributed by atoms with Gasteiger partial charge in [0.1, 0.15) is 18.2 Å². The number of hydrogen-bond donors (Lipinski definition) is 0. The van der Waals surface area contributed by atoms with Crippen molar-refractivity contribution < 1.29 is 18.3 Å². The molecule has 6 heteroatoms. The largest absolute Gasteiger partial charge is 0.489 e. The van der Waals surface area contributed by atoms with E-state index >= 15 is 0 Å². The van der Waals surface area contributed by atoms with E-state index in [-0.39, 0.29) is 16.6 Å². The Morgan fingerprint density at radius 2 is 1.59 bits per heavy atom. The minimum atomic E-state index is -2.10. The minimum Gasteiger partial charge on any atom is -0.489 e. The van der Waals surface area contributed by atoms with Crippen LogP contribution < -0.4 is 4.74 Å². The van der Waals surface area contributed by atoms with Crippen molar-refractivity contribution in [3.05, 3.63) is 135 Å². The summed E-state index contributed by atoms with van der Waals surface area (Å²) in [6.07, 6.45) is 0. The van der Waals surface area contributed by atoms with E-state index in [1.807, 2.05) is 72.8 Å². The molecule has 0 heterocycles. The molecule has 0 fully saturated rings. The van der Waals surface area contributed by atoms with Crippen LogP contribution in [0.15, 0.2) is 95.5 Å². The summed E-state index contributed by atoms with van der Waals surface area (Å²) < 4.78 is 27.8. The number of hydrogen-bond acceptors (Lipinski definition) is 3. The minimum absolute atomic E-state index is 0.0285. The molecule has 0 saturated carbocycles. The number of benzene rings is 4. The number of carbonyl (C=O) groups is 1. The molecule has 1 unspecified atom stereocenters. The van der Waals surface area contributed by atoms with Gasteiger partial charge >= 0.3 is 0 Å². The van der Waals surface area contributed by atoms with Crippen LogP contribution in [0.25, 0.3) is 0 Å². The Hall–Kier alpha value is -3.06. The number of carbonyl (C=O) groups excluding carboxylic acids is 1. The number of ether oxygens (including phenoxy) is 1. The molecule has 4 rings (SSSR count). The molecule has 4 aromatic carbocycles. The van der Waals surface area contributed by atoms with Crippen LogP contribution >= 0.6 is 15.9 Å². The summed E-state index contributed by atoms with van der Waals surface area (Å²) in [5.41, 5.74) is 4.80. The topological polar surface area (TPSA) is 35.5 Å². The van der Waals surface area contributed by atoms with Crippen LogP contribution in [0.5, 0.6) is 5.75 Å². The summed E-state index contributed by atoms with van der Waals surface area (Å²) in [5, 5.41) is 0.0285. The first-order valence-corrected chi connectivity index (χ1v) is 17.6. The molecule has 1 atom stereocenters. The van der Waals surface area contributed by atoms with Gasteiger partial charge in [0.25, 0.3) is 0 Å². The second-order valence-corrected chi connectivity index (χ2v) is 17.7. The van der Waals surface area contributed by atoms with Gasteiger partial charge in [-0.3, -0.25) is 4.79 Å². The van der Waals surface area contributed by atoms with E-state index in [0.29, 0.717) is 30.1 Å². The zero-order valence-corrected chi connectivity index (χ0v) is 27.2. The fourth-order valence-electron chi connectivity index (χ4n) is 4.48. The summed E-state index contributed by atoms with van der Waals surface area (Å²) in [6.45, 7) is 13.7. The van der Waals surface area contributed by atoms with Gasteiger partial charge in [-0.05, 0) is 95.3 Å². The maximum atomic E-state index is 14.3. The lowest BCUT2D eigenvalue weighted by molar-refractivity contribution is 0.0972. The zero-order valence-electron chi connectivity index (χ0n) is 24.6. The van der Waals surface area contributed by atoms with Crippen LogP contribution in [0.4, 0.5) is 4.39 Å². The quantitative estimate of drug-likeness (QED) is 0.129. The van der Waals surface area contributed by atoms with Gasteiger partial charge in [-0.25, -0.2) is 4.39 Å². The normalized spacial score (nSPS) is 12.7. The van der Waals surface area contributed by atoms with Crippen LogP contribution in [0.3, 0.4) is 0 Å². The Morgan fingerprint density at radius 3 is 2.22 bits per heavy atom. The lowest BCUT2D eigenvalue weighted by atomic mass is 9.81. The van der Waals surface area contributed by atoms with Crippen molar-refractivity contribution in [1.82, 2.24) is 0 Å². The van der Waals surface area contributed by atoms with Gasteiger partial charge in [0, 0.05) is 10.0 Å². The molecule has 0 aliphatic heterocycles. The van der Waals surface area contributed by atoms with Gasteiger partial charge in [0.05, 0.1) is 12.5 Å². The van der Waals surface area contributed by atoms with Gasteiger partial charge in [-0.15, -0.1) is 0 Å². The van der Waals surface area contributed by atoms with Crippen molar-refractivity contribution in [1.29, 1.82) is 0 Å². The Balaban J connectivity index is 1.80. The molecule has 0 aromatic heterocycles. The highest BCUT2D eigenvalue weighted by molar-refractivity contribution is 9.10. The first-order chi connectivity index (χ1) is 19.4. The highest BCUT2D eigenvalue weighted by Gasteiger charge is 2.37. The van der Waals surface area contributed by atoms with Crippen LogP contribution in [0, 0.1) is 12.7 Å². The molecule has 0 spiro atoms. The van der Waals surface area contributed by atoms with E-state index < -0.39 is 14.2 Å². The SMILES string of the molecule is Cc1cc(F)ccc1C(=O)C(c1ccc(Br)cc1)c1ccc(OCc2ccccc2)cc1CO[Si](C)(C)C(C)(C)C. The molecule has 0 saturated heterocycles. The van der Waals surface area contributed by atoms with E-state index in [1.165, 1.54) is 12.1 Å². The molecule has 0 aliphatic rings. The summed E-state index contributed by atoms with van der Waals surface area (Å²) in [6, 6.07) is 28.1. The molecule has 41 heavy (non-hydrogen) atoms. The molecule has 0 amide bonds. The molecule has 4 aromatic rings. The average Bonchev–Trinajstić information content (AvgIpc) is 2.92. The van der Waals surface area contributed by atoms with Gasteiger partial charge in [0.15, 0.2) is 14.1 Å². The fourth-order valence-corrected chi connectivity index (χ4v) is 5.69. The Bertz CT molecular complexity index is 1490. The van der Waals surface area contributed by atoms with Crippen LogP contribution in [-0.2, 0) is 17.6 Å². The summed E-state index contributed by atoms with van der Waals surface area (Å²) in [4.78, 5) is 14.3. The van der Waals surface area contributed by atoms with Crippen LogP contribution in [-0.4, -0.2) is 14.1 Å². The van der Waals surface area contributed by atoms with E-state index in [9.17, 15) is 9.18 Å². The third-order valence-electron chi connectivity index (χ3n) is 7.99.